The quantitative estimate of drug-likeness (QED) is 0.203. The number of aldehydes is 1. The van der Waals surface area contributed by atoms with Crippen LogP contribution in [0.2, 0.25) is 0 Å². The lowest BCUT2D eigenvalue weighted by atomic mass is 10.1. The second-order valence-electron chi connectivity index (χ2n) is 9.59. The van der Waals surface area contributed by atoms with Gasteiger partial charge in [0.25, 0.3) is 0 Å². The molecule has 37 heavy (non-hydrogen) atoms. The van der Waals surface area contributed by atoms with Crippen molar-refractivity contribution in [3.8, 4) is 0 Å². The number of carbonyl (C=O) groups excluding carboxylic acids is 2. The zero-order valence-electron chi connectivity index (χ0n) is 21.3. The number of likely N-dealkylation sites (tertiary alicyclic amines) is 1. The van der Waals surface area contributed by atoms with Crippen LogP contribution in [0.3, 0.4) is 0 Å². The summed E-state index contributed by atoms with van der Waals surface area (Å²) in [6.07, 6.45) is 2.39. The van der Waals surface area contributed by atoms with Crippen molar-refractivity contribution < 1.29 is 39.3 Å². The van der Waals surface area contributed by atoms with Crippen LogP contribution in [0.1, 0.15) is 12.8 Å². The molecule has 2 rings (SSSR count). The van der Waals surface area contributed by atoms with Crippen LogP contribution in [0.15, 0.2) is 0 Å². The van der Waals surface area contributed by atoms with E-state index in [1.165, 1.54) is 0 Å². The highest BCUT2D eigenvalue weighted by molar-refractivity contribution is 5.78. The van der Waals surface area contributed by atoms with E-state index in [1.54, 1.807) is 14.7 Å². The Bertz CT molecular complexity index is 744. The number of amides is 1. The molecular formula is C23H40N6O8. The Morgan fingerprint density at radius 3 is 1.27 bits per heavy atom. The molecule has 2 aliphatic heterocycles. The van der Waals surface area contributed by atoms with Gasteiger partial charge in [-0.25, -0.2) is 0 Å². The highest BCUT2D eigenvalue weighted by Crippen LogP contribution is 2.09. The first-order valence-corrected chi connectivity index (χ1v) is 12.6. The Labute approximate surface area is 216 Å². The summed E-state index contributed by atoms with van der Waals surface area (Å²) >= 11 is 0. The number of rotatable bonds is 11. The Hall–Kier alpha value is -2.65. The first-order valence-electron chi connectivity index (χ1n) is 12.6. The molecular weight excluding hydrogens is 488 g/mol. The molecule has 0 saturated carbocycles. The molecule has 4 N–H and O–H groups in total. The third kappa shape index (κ3) is 12.9. The van der Waals surface area contributed by atoms with Crippen molar-refractivity contribution in [2.75, 3.05) is 98.2 Å². The molecule has 2 heterocycles. The minimum atomic E-state index is -1.01. The number of hydrogen-bond donors (Lipinski definition) is 4. The van der Waals surface area contributed by atoms with Crippen molar-refractivity contribution in [2.24, 2.45) is 0 Å². The summed E-state index contributed by atoms with van der Waals surface area (Å²) in [6, 6.07) is 0.0232. The van der Waals surface area contributed by atoms with Crippen LogP contribution >= 0.6 is 0 Å². The first kappa shape index (κ1) is 30.6. The predicted octanol–water partition coefficient (Wildman–Crippen LogP) is -2.76. The van der Waals surface area contributed by atoms with E-state index in [9.17, 15) is 39.3 Å². The topological polar surface area (TPSA) is 174 Å². The maximum Gasteiger partial charge on any atom is 0.317 e. The molecule has 0 aromatic heterocycles. The van der Waals surface area contributed by atoms with Gasteiger partial charge in [0.2, 0.25) is 5.91 Å². The molecule has 0 atom stereocenters. The molecule has 0 bridgehead atoms. The van der Waals surface area contributed by atoms with Gasteiger partial charge in [-0.3, -0.25) is 43.7 Å². The number of aliphatic carboxylic acids is 3. The monoisotopic (exact) mass is 528 g/mol. The third-order valence-corrected chi connectivity index (χ3v) is 6.66. The minimum absolute atomic E-state index is 0.0232. The molecule has 2 aliphatic rings. The molecule has 14 nitrogen and oxygen atoms in total. The minimum Gasteiger partial charge on any atom is -0.480 e. The van der Waals surface area contributed by atoms with E-state index in [0.717, 1.165) is 32.2 Å². The van der Waals surface area contributed by atoms with Gasteiger partial charge in [0.05, 0.1) is 32.7 Å². The molecule has 2 saturated heterocycles. The van der Waals surface area contributed by atoms with E-state index in [2.05, 4.69) is 5.32 Å². The molecule has 0 aliphatic carbocycles. The summed E-state index contributed by atoms with van der Waals surface area (Å²) in [7, 11) is 0. The number of carboxylic acid groups (broad SMARTS) is 3. The number of piperidine rings is 1. The van der Waals surface area contributed by atoms with E-state index >= 15 is 0 Å². The lowest BCUT2D eigenvalue weighted by Gasteiger charge is -2.34. The molecule has 0 radical (unpaired) electrons. The number of nitrogens with zero attached hydrogens (tertiary/aromatic N) is 5. The van der Waals surface area contributed by atoms with Crippen LogP contribution in [0.25, 0.3) is 0 Å². The lowest BCUT2D eigenvalue weighted by Crippen LogP contribution is -2.51. The smallest absolute Gasteiger partial charge is 0.317 e. The van der Waals surface area contributed by atoms with Gasteiger partial charge in [0, 0.05) is 71.5 Å². The fourth-order valence-corrected chi connectivity index (χ4v) is 4.63. The molecule has 0 aromatic carbocycles. The largest absolute Gasteiger partial charge is 0.480 e. The van der Waals surface area contributed by atoms with Crippen molar-refractivity contribution in [1.29, 1.82) is 0 Å². The van der Waals surface area contributed by atoms with Crippen LogP contribution in [-0.4, -0.2) is 174 Å². The highest BCUT2D eigenvalue weighted by atomic mass is 16.4. The van der Waals surface area contributed by atoms with E-state index in [0.29, 0.717) is 58.9 Å². The number of carboxylic acids is 3. The number of nitrogens with one attached hydrogen (secondary N) is 1. The molecule has 210 valence electrons. The number of carbonyl (C=O) groups is 5. The maximum absolute atomic E-state index is 12.8. The van der Waals surface area contributed by atoms with Gasteiger partial charge in [-0.2, -0.15) is 0 Å². The van der Waals surface area contributed by atoms with Gasteiger partial charge in [0.1, 0.15) is 6.29 Å². The van der Waals surface area contributed by atoms with Crippen LogP contribution < -0.4 is 5.32 Å². The summed E-state index contributed by atoms with van der Waals surface area (Å²) in [5.74, 6) is -3.14. The normalized spacial score (nSPS) is 21.0. The molecule has 14 heteroatoms. The van der Waals surface area contributed by atoms with E-state index in [1.807, 2.05) is 9.80 Å². The average Bonchev–Trinajstić information content (AvgIpc) is 2.81. The Morgan fingerprint density at radius 2 is 0.946 bits per heavy atom. The molecule has 0 unspecified atom stereocenters. The second-order valence-corrected chi connectivity index (χ2v) is 9.59. The van der Waals surface area contributed by atoms with Crippen molar-refractivity contribution in [2.45, 2.75) is 18.9 Å². The van der Waals surface area contributed by atoms with Crippen LogP contribution in [0, 0.1) is 0 Å². The van der Waals surface area contributed by atoms with Crippen molar-refractivity contribution in [3.05, 3.63) is 0 Å². The standard InChI is InChI=1S/C23H40N6O8/c30-14-13-25-3-1-19(2-4-25)24-20(31)15-26-5-7-27(16-21(32)33)9-11-29(18-23(36)37)12-10-28(8-6-26)17-22(34)35/h14,19H,1-13,15-18H2,(H,24,31)(H,32,33)(H,34,35)(H,36,37). The van der Waals surface area contributed by atoms with Gasteiger partial charge in [-0.15, -0.1) is 0 Å². The lowest BCUT2D eigenvalue weighted by molar-refractivity contribution is -0.140. The van der Waals surface area contributed by atoms with Crippen LogP contribution in [0.5, 0.6) is 0 Å². The fraction of sp³-hybridized carbons (Fsp3) is 0.783. The second kappa shape index (κ2) is 16.2. The fourth-order valence-electron chi connectivity index (χ4n) is 4.63. The van der Waals surface area contributed by atoms with Gasteiger partial charge >= 0.3 is 17.9 Å². The van der Waals surface area contributed by atoms with Gasteiger partial charge in [0.15, 0.2) is 0 Å². The number of hydrogen-bond acceptors (Lipinski definition) is 10. The zero-order chi connectivity index (χ0) is 27.2. The zero-order valence-corrected chi connectivity index (χ0v) is 21.3. The molecule has 2 fully saturated rings. The molecule has 1 amide bonds. The van der Waals surface area contributed by atoms with Crippen molar-refractivity contribution in [1.82, 2.24) is 29.8 Å². The summed E-state index contributed by atoms with van der Waals surface area (Å²) in [4.78, 5) is 66.6. The van der Waals surface area contributed by atoms with E-state index in [4.69, 9.17) is 0 Å². The summed E-state index contributed by atoms with van der Waals surface area (Å²) in [5, 5.41) is 30.9. The Kier molecular flexibility index (Phi) is 13.4. The van der Waals surface area contributed by atoms with Gasteiger partial charge in [-0.05, 0) is 12.8 Å². The summed E-state index contributed by atoms with van der Waals surface area (Å²) in [5.41, 5.74) is 0. The SMILES string of the molecule is O=CCN1CCC(NC(=O)CN2CCN(CC(=O)O)CCN(CC(=O)O)CCN(CC(=O)O)CC2)CC1. The van der Waals surface area contributed by atoms with Crippen LogP contribution in [-0.2, 0) is 24.0 Å². The van der Waals surface area contributed by atoms with Gasteiger partial charge in [-0.1, -0.05) is 0 Å². The van der Waals surface area contributed by atoms with Crippen LogP contribution in [0.4, 0.5) is 0 Å². The van der Waals surface area contributed by atoms with Crippen molar-refractivity contribution >= 4 is 30.1 Å². The Balaban J connectivity index is 2.02. The van der Waals surface area contributed by atoms with E-state index in [-0.39, 0.29) is 38.1 Å². The summed E-state index contributed by atoms with van der Waals surface area (Å²) in [6.45, 7) is 4.18. The van der Waals surface area contributed by atoms with E-state index < -0.39 is 17.9 Å². The first-order chi connectivity index (χ1) is 17.6. The van der Waals surface area contributed by atoms with Gasteiger partial charge < -0.3 is 25.4 Å². The molecule has 0 aromatic rings. The van der Waals surface area contributed by atoms with Crippen molar-refractivity contribution in [3.63, 3.8) is 0 Å². The molecule has 0 spiro atoms. The Morgan fingerprint density at radius 1 is 0.595 bits per heavy atom. The maximum atomic E-state index is 12.8. The predicted molar refractivity (Wildman–Crippen MR) is 132 cm³/mol. The summed E-state index contributed by atoms with van der Waals surface area (Å²) < 4.78 is 0. The average molecular weight is 529 g/mol. The highest BCUT2D eigenvalue weighted by Gasteiger charge is 2.23. The third-order valence-electron chi connectivity index (χ3n) is 6.66.